The molecular formula is C39H48Zr. The molecule has 40 heavy (non-hydrogen) atoms. The van der Waals surface area contributed by atoms with Gasteiger partial charge >= 0.3 is 63.8 Å². The third-order valence-electron chi connectivity index (χ3n) is 7.50. The Labute approximate surface area is 260 Å². The van der Waals surface area contributed by atoms with Gasteiger partial charge in [-0.25, -0.2) is 5.57 Å². The van der Waals surface area contributed by atoms with Crippen LogP contribution in [0.5, 0.6) is 0 Å². The SMILES string of the molecule is CC(C)(C)c1[c-]c2c(cc1)-c1ccc(C(C)(C)C)cc1C2.CC1=[C-]C(C)C=C1C(C)(C)C.[Zr+2]=[CH]c1ccccc1. The van der Waals surface area contributed by atoms with E-state index in [0.29, 0.717) is 11.3 Å². The molecule has 0 aliphatic heterocycles. The van der Waals surface area contributed by atoms with Crippen LogP contribution >= 0.6 is 0 Å². The van der Waals surface area contributed by atoms with Crippen molar-refractivity contribution in [1.29, 1.82) is 0 Å². The second-order valence-electron chi connectivity index (χ2n) is 14.3. The zero-order valence-corrected chi connectivity index (χ0v) is 29.2. The molecule has 2 aliphatic rings. The second kappa shape index (κ2) is 12.8. The molecule has 0 radical (unpaired) electrons. The molecule has 0 nitrogen and oxygen atoms in total. The van der Waals surface area contributed by atoms with Crippen LogP contribution in [0.25, 0.3) is 11.1 Å². The molecule has 208 valence electrons. The molecule has 0 bridgehead atoms. The van der Waals surface area contributed by atoms with Crippen molar-refractivity contribution in [2.75, 3.05) is 0 Å². The van der Waals surface area contributed by atoms with E-state index >= 15 is 0 Å². The molecule has 1 atom stereocenters. The third-order valence-corrected chi connectivity index (χ3v) is 8.32. The van der Waals surface area contributed by atoms with Gasteiger partial charge in [0.1, 0.15) is 0 Å². The molecule has 0 N–H and O–H groups in total. The summed E-state index contributed by atoms with van der Waals surface area (Å²) in [5, 5.41) is 0. The van der Waals surface area contributed by atoms with E-state index in [4.69, 9.17) is 0 Å². The summed E-state index contributed by atoms with van der Waals surface area (Å²) in [5.41, 5.74) is 13.1. The van der Waals surface area contributed by atoms with Crippen molar-refractivity contribution >= 4 is 3.71 Å². The van der Waals surface area contributed by atoms with Crippen LogP contribution in [0.3, 0.4) is 0 Å². The monoisotopic (exact) mass is 606 g/mol. The van der Waals surface area contributed by atoms with Crippen LogP contribution in [-0.4, -0.2) is 3.71 Å². The summed E-state index contributed by atoms with van der Waals surface area (Å²) in [6.45, 7) is 24.7. The van der Waals surface area contributed by atoms with Gasteiger partial charge in [-0.15, -0.1) is 11.1 Å². The fourth-order valence-electron chi connectivity index (χ4n) is 5.23. The van der Waals surface area contributed by atoms with Gasteiger partial charge in [0, 0.05) is 0 Å². The minimum atomic E-state index is 0.167. The van der Waals surface area contributed by atoms with Crippen molar-refractivity contribution in [1.82, 2.24) is 0 Å². The Morgan fingerprint density at radius 1 is 0.775 bits per heavy atom. The fraction of sp³-hybridized carbons (Fsp3) is 0.410. The predicted octanol–water partition coefficient (Wildman–Crippen LogP) is 10.4. The van der Waals surface area contributed by atoms with Crippen LogP contribution < -0.4 is 0 Å². The first-order chi connectivity index (χ1) is 18.5. The summed E-state index contributed by atoms with van der Waals surface area (Å²) in [4.78, 5) is 0. The molecule has 0 aromatic heterocycles. The van der Waals surface area contributed by atoms with Crippen LogP contribution in [0.15, 0.2) is 77.9 Å². The van der Waals surface area contributed by atoms with Crippen molar-refractivity contribution in [3.8, 4) is 11.1 Å². The number of allylic oxidation sites excluding steroid dienone is 4. The molecule has 3 aromatic rings. The van der Waals surface area contributed by atoms with Gasteiger partial charge in [0.2, 0.25) is 0 Å². The van der Waals surface area contributed by atoms with Crippen molar-refractivity contribution in [2.24, 2.45) is 11.3 Å². The summed E-state index contributed by atoms with van der Waals surface area (Å²) in [6, 6.07) is 25.5. The Bertz CT molecular complexity index is 1320. The summed E-state index contributed by atoms with van der Waals surface area (Å²) < 4.78 is 2.17. The van der Waals surface area contributed by atoms with Gasteiger partial charge in [-0.1, -0.05) is 111 Å². The van der Waals surface area contributed by atoms with Crippen LogP contribution in [0.4, 0.5) is 0 Å². The van der Waals surface area contributed by atoms with E-state index in [1.165, 1.54) is 74.3 Å². The van der Waals surface area contributed by atoms with Gasteiger partial charge in [-0.05, 0) is 28.4 Å². The maximum absolute atomic E-state index is 3.67. The van der Waals surface area contributed by atoms with Crippen molar-refractivity contribution in [2.45, 2.75) is 93.4 Å². The normalized spacial score (nSPS) is 16.0. The Morgan fingerprint density at radius 3 is 1.85 bits per heavy atom. The quantitative estimate of drug-likeness (QED) is 0.189. The first-order valence-corrected chi connectivity index (χ1v) is 16.0. The molecule has 2 aliphatic carbocycles. The van der Waals surface area contributed by atoms with E-state index in [1.54, 1.807) is 0 Å². The Kier molecular flexibility index (Phi) is 10.4. The van der Waals surface area contributed by atoms with Gasteiger partial charge in [-0.2, -0.15) is 35.4 Å². The summed E-state index contributed by atoms with van der Waals surface area (Å²) >= 11 is 1.46. The maximum atomic E-state index is 3.67. The Balaban J connectivity index is 0.000000193. The minimum absolute atomic E-state index is 0.167. The summed E-state index contributed by atoms with van der Waals surface area (Å²) in [5.74, 6) is 0.518. The zero-order chi connectivity index (χ0) is 29.9. The zero-order valence-electron chi connectivity index (χ0n) is 26.7. The van der Waals surface area contributed by atoms with Gasteiger partial charge in [0.25, 0.3) is 0 Å². The van der Waals surface area contributed by atoms with E-state index in [1.807, 2.05) is 6.07 Å². The number of benzene rings is 3. The standard InChI is InChI=1S/C21H25.C11H17.C7H6.Zr/c1-20(2,3)16-7-9-18-14(12-16)11-15-13-17(21(4,5)6)8-10-19(15)18;1-8-6-9(2)10(7-8)11(3,4)5;1-7-5-3-2-4-6-7;/h7-10,12H,11H2,1-6H3;7-8H,1-5H3;1-6H;/q2*-1;;+2. The Hall–Kier alpha value is -2.11. The number of hydrogen-bond acceptors (Lipinski definition) is 0. The molecule has 5 rings (SSSR count). The molecule has 0 amide bonds. The topological polar surface area (TPSA) is 0 Å². The molecule has 3 aromatic carbocycles. The average Bonchev–Trinajstić information content (AvgIpc) is 3.42. The van der Waals surface area contributed by atoms with Crippen LogP contribution in [0, 0.1) is 23.5 Å². The number of rotatable bonds is 1. The summed E-state index contributed by atoms with van der Waals surface area (Å²) in [6.07, 6.45) is 6.74. The van der Waals surface area contributed by atoms with Crippen LogP contribution in [0.2, 0.25) is 0 Å². The molecule has 0 fully saturated rings. The van der Waals surface area contributed by atoms with Crippen molar-refractivity contribution < 1.29 is 24.2 Å². The average molecular weight is 608 g/mol. The number of hydrogen-bond donors (Lipinski definition) is 0. The molecule has 0 spiro atoms. The molecular weight excluding hydrogens is 560 g/mol. The van der Waals surface area contributed by atoms with Crippen LogP contribution in [0.1, 0.15) is 104 Å². The second-order valence-corrected chi connectivity index (χ2v) is 15.0. The van der Waals surface area contributed by atoms with Gasteiger partial charge in [-0.3, -0.25) is 6.08 Å². The molecule has 1 unspecified atom stereocenters. The van der Waals surface area contributed by atoms with E-state index in [2.05, 4.69) is 153 Å². The molecule has 0 saturated heterocycles. The van der Waals surface area contributed by atoms with E-state index in [0.717, 1.165) is 6.42 Å². The van der Waals surface area contributed by atoms with E-state index < -0.39 is 0 Å². The molecule has 1 heteroatoms. The van der Waals surface area contributed by atoms with E-state index in [9.17, 15) is 0 Å². The first kappa shape index (κ1) is 32.4. The van der Waals surface area contributed by atoms with E-state index in [-0.39, 0.29) is 10.8 Å². The first-order valence-electron chi connectivity index (χ1n) is 14.6. The Morgan fingerprint density at radius 2 is 1.40 bits per heavy atom. The van der Waals surface area contributed by atoms with Crippen LogP contribution in [-0.2, 0) is 41.5 Å². The van der Waals surface area contributed by atoms with Gasteiger partial charge < -0.3 is 0 Å². The van der Waals surface area contributed by atoms with Gasteiger partial charge in [0.15, 0.2) is 0 Å². The molecule has 0 saturated carbocycles. The third kappa shape index (κ3) is 8.46. The molecule has 0 heterocycles. The predicted molar refractivity (Wildman–Crippen MR) is 172 cm³/mol. The van der Waals surface area contributed by atoms with Crippen molar-refractivity contribution in [3.63, 3.8) is 0 Å². The van der Waals surface area contributed by atoms with Gasteiger partial charge in [0.05, 0.1) is 0 Å². The summed E-state index contributed by atoms with van der Waals surface area (Å²) in [7, 11) is 0. The fourth-order valence-corrected chi connectivity index (χ4v) is 5.70. The van der Waals surface area contributed by atoms with Crippen molar-refractivity contribution in [3.05, 3.63) is 118 Å². The number of fused-ring (bicyclic) bond motifs is 3.